The van der Waals surface area contributed by atoms with Crippen LogP contribution in [0.15, 0.2) is 12.2 Å². The normalized spacial score (nSPS) is 7.95. The standard InChI is InChI=1S/C10H15NO3.2C2H6.CH5N/c1-2-4-9(13)5-3-6-10(14)11-7-8-12;3*1-2/h2,4,8H,3,5-7H2,1H3,(H,11,14);2*1-2H3;2H2,1H3/b4-2+;;;. The molecule has 0 fully saturated rings. The SMILES string of the molecule is C/C=C/C(=O)CCCC(=O)NCC=O.CC.CC.CN. The molecule has 3 N–H and O–H groups in total. The second-order valence-electron chi connectivity index (χ2n) is 2.79. The molecule has 20 heavy (non-hydrogen) atoms. The minimum atomic E-state index is -0.189. The maximum absolute atomic E-state index is 11.0. The van der Waals surface area contributed by atoms with E-state index in [0.717, 1.165) is 0 Å². The van der Waals surface area contributed by atoms with Crippen molar-refractivity contribution >= 4 is 18.0 Å². The molecule has 0 bridgehead atoms. The van der Waals surface area contributed by atoms with Crippen LogP contribution in [0, 0.1) is 0 Å². The zero-order valence-electron chi connectivity index (χ0n) is 13.9. The summed E-state index contributed by atoms with van der Waals surface area (Å²) in [4.78, 5) is 31.8. The molecule has 0 aliphatic heterocycles. The van der Waals surface area contributed by atoms with Crippen molar-refractivity contribution in [1.82, 2.24) is 5.32 Å². The molecule has 0 aromatic rings. The van der Waals surface area contributed by atoms with E-state index in [0.29, 0.717) is 19.1 Å². The molecule has 0 aliphatic rings. The van der Waals surface area contributed by atoms with Crippen LogP contribution in [0.4, 0.5) is 0 Å². The van der Waals surface area contributed by atoms with E-state index in [2.05, 4.69) is 11.1 Å². The van der Waals surface area contributed by atoms with Crippen molar-refractivity contribution in [2.24, 2.45) is 5.73 Å². The van der Waals surface area contributed by atoms with E-state index in [9.17, 15) is 14.4 Å². The zero-order valence-corrected chi connectivity index (χ0v) is 13.9. The van der Waals surface area contributed by atoms with Crippen LogP contribution in [-0.2, 0) is 14.4 Å². The number of allylic oxidation sites excluding steroid dienone is 2. The first-order chi connectivity index (χ1) is 9.70. The van der Waals surface area contributed by atoms with E-state index < -0.39 is 0 Å². The number of carbonyl (C=O) groups excluding carboxylic acids is 3. The van der Waals surface area contributed by atoms with Gasteiger partial charge in [0.05, 0.1) is 6.54 Å². The summed E-state index contributed by atoms with van der Waals surface area (Å²) in [5.74, 6) is -0.166. The number of nitrogens with two attached hydrogens (primary N) is 1. The van der Waals surface area contributed by atoms with Gasteiger partial charge in [0.2, 0.25) is 5.91 Å². The van der Waals surface area contributed by atoms with Crippen LogP contribution in [0.2, 0.25) is 0 Å². The molecule has 0 aromatic heterocycles. The molecule has 0 aromatic carbocycles. The van der Waals surface area contributed by atoms with E-state index in [1.54, 1.807) is 13.0 Å². The number of rotatable bonds is 7. The highest BCUT2D eigenvalue weighted by Gasteiger charge is 2.01. The molecule has 1 amide bonds. The predicted octanol–water partition coefficient (Wildman–Crippen LogP) is 2.24. The third kappa shape index (κ3) is 30.0. The molecule has 0 rings (SSSR count). The monoisotopic (exact) mass is 288 g/mol. The Labute approximate surface area is 124 Å². The Balaban J connectivity index is -0.000000187. The van der Waals surface area contributed by atoms with Crippen LogP contribution in [0.25, 0.3) is 0 Å². The summed E-state index contributed by atoms with van der Waals surface area (Å²) in [5.41, 5.74) is 4.50. The van der Waals surface area contributed by atoms with E-state index in [1.807, 2.05) is 27.7 Å². The lowest BCUT2D eigenvalue weighted by Crippen LogP contribution is -2.24. The number of hydrogen-bond acceptors (Lipinski definition) is 4. The quantitative estimate of drug-likeness (QED) is 0.555. The molecule has 5 nitrogen and oxygen atoms in total. The lowest BCUT2D eigenvalue weighted by molar-refractivity contribution is -0.122. The van der Waals surface area contributed by atoms with Gasteiger partial charge in [-0.3, -0.25) is 9.59 Å². The lowest BCUT2D eigenvalue weighted by Gasteiger charge is -1.99. The van der Waals surface area contributed by atoms with Gasteiger partial charge in [0.1, 0.15) is 6.29 Å². The number of amides is 1. The molecule has 0 heterocycles. The van der Waals surface area contributed by atoms with Crippen molar-refractivity contribution in [2.75, 3.05) is 13.6 Å². The van der Waals surface area contributed by atoms with Gasteiger partial charge < -0.3 is 15.8 Å². The fraction of sp³-hybridized carbons (Fsp3) is 0.667. The molecule has 0 saturated heterocycles. The van der Waals surface area contributed by atoms with Crippen molar-refractivity contribution < 1.29 is 14.4 Å². The highest BCUT2D eigenvalue weighted by atomic mass is 16.2. The van der Waals surface area contributed by atoms with Crippen LogP contribution in [0.5, 0.6) is 0 Å². The molecule has 0 radical (unpaired) electrons. The highest BCUT2D eigenvalue weighted by molar-refractivity contribution is 5.89. The van der Waals surface area contributed by atoms with Gasteiger partial charge in [0, 0.05) is 12.8 Å². The second kappa shape index (κ2) is 30.5. The van der Waals surface area contributed by atoms with Crippen LogP contribution < -0.4 is 11.1 Å². The van der Waals surface area contributed by atoms with Crippen molar-refractivity contribution in [2.45, 2.75) is 53.9 Å². The van der Waals surface area contributed by atoms with Crippen LogP contribution in [0.3, 0.4) is 0 Å². The van der Waals surface area contributed by atoms with Crippen LogP contribution in [-0.4, -0.2) is 31.6 Å². The van der Waals surface area contributed by atoms with Gasteiger partial charge in [0.25, 0.3) is 0 Å². The van der Waals surface area contributed by atoms with Crippen LogP contribution in [0.1, 0.15) is 53.9 Å². The summed E-state index contributed by atoms with van der Waals surface area (Å²) in [6.07, 6.45) is 4.98. The molecular weight excluding hydrogens is 256 g/mol. The molecule has 0 unspecified atom stereocenters. The van der Waals surface area contributed by atoms with Gasteiger partial charge in [-0.1, -0.05) is 33.8 Å². The van der Waals surface area contributed by atoms with Gasteiger partial charge in [-0.15, -0.1) is 0 Å². The number of aldehydes is 1. The van der Waals surface area contributed by atoms with Gasteiger partial charge >= 0.3 is 0 Å². The zero-order chi connectivity index (χ0) is 16.8. The first-order valence-electron chi connectivity index (χ1n) is 7.14. The third-order valence-corrected chi connectivity index (χ3v) is 1.56. The molecule has 0 saturated carbocycles. The number of ketones is 1. The Morgan fingerprint density at radius 1 is 1.05 bits per heavy atom. The molecule has 120 valence electrons. The summed E-state index contributed by atoms with van der Waals surface area (Å²) in [5, 5.41) is 2.40. The maximum Gasteiger partial charge on any atom is 0.220 e. The van der Waals surface area contributed by atoms with Crippen LogP contribution >= 0.6 is 0 Å². The fourth-order valence-electron chi connectivity index (χ4n) is 0.936. The van der Waals surface area contributed by atoms with Gasteiger partial charge in [0.15, 0.2) is 5.78 Å². The average Bonchev–Trinajstić information content (AvgIpc) is 2.51. The number of nitrogens with one attached hydrogen (secondary N) is 1. The average molecular weight is 288 g/mol. The Kier molecular flexibility index (Phi) is 41.1. The minimum absolute atomic E-state index is 0.0238. The Hall–Kier alpha value is -1.49. The fourth-order valence-corrected chi connectivity index (χ4v) is 0.936. The van der Waals surface area contributed by atoms with Crippen molar-refractivity contribution in [3.63, 3.8) is 0 Å². The maximum atomic E-state index is 11.0. The Morgan fingerprint density at radius 2 is 1.55 bits per heavy atom. The first-order valence-corrected chi connectivity index (χ1v) is 7.14. The smallest absolute Gasteiger partial charge is 0.220 e. The second-order valence-corrected chi connectivity index (χ2v) is 2.79. The van der Waals surface area contributed by atoms with Gasteiger partial charge in [-0.05, 0) is 26.5 Å². The first kappa shape index (κ1) is 27.0. The van der Waals surface area contributed by atoms with E-state index in [1.165, 1.54) is 13.1 Å². The van der Waals surface area contributed by atoms with Crippen molar-refractivity contribution in [1.29, 1.82) is 0 Å². The topological polar surface area (TPSA) is 89.3 Å². The largest absolute Gasteiger partial charge is 0.349 e. The van der Waals surface area contributed by atoms with Gasteiger partial charge in [-0.2, -0.15) is 0 Å². The highest BCUT2D eigenvalue weighted by Crippen LogP contribution is 1.97. The molecular formula is C15H32N2O3. The molecule has 0 atom stereocenters. The van der Waals surface area contributed by atoms with Crippen molar-refractivity contribution in [3.8, 4) is 0 Å². The van der Waals surface area contributed by atoms with E-state index in [-0.39, 0.29) is 24.7 Å². The Morgan fingerprint density at radius 3 is 1.95 bits per heavy atom. The summed E-state index contributed by atoms with van der Waals surface area (Å²) in [6, 6.07) is 0. The molecule has 0 spiro atoms. The van der Waals surface area contributed by atoms with E-state index >= 15 is 0 Å². The minimum Gasteiger partial charge on any atom is -0.349 e. The van der Waals surface area contributed by atoms with Gasteiger partial charge in [-0.25, -0.2) is 0 Å². The predicted molar refractivity (Wildman–Crippen MR) is 85.6 cm³/mol. The molecule has 0 aliphatic carbocycles. The summed E-state index contributed by atoms with van der Waals surface area (Å²) in [7, 11) is 1.50. The number of hydrogen-bond donors (Lipinski definition) is 2. The summed E-state index contributed by atoms with van der Waals surface area (Å²) < 4.78 is 0. The van der Waals surface area contributed by atoms with Crippen molar-refractivity contribution in [3.05, 3.63) is 12.2 Å². The lowest BCUT2D eigenvalue weighted by atomic mass is 10.1. The summed E-state index contributed by atoms with van der Waals surface area (Å²) >= 11 is 0. The third-order valence-electron chi connectivity index (χ3n) is 1.56. The Bertz CT molecular complexity index is 239. The van der Waals surface area contributed by atoms with E-state index in [4.69, 9.17) is 0 Å². The molecule has 5 heteroatoms. The summed E-state index contributed by atoms with van der Waals surface area (Å²) in [6.45, 7) is 9.82. The number of carbonyl (C=O) groups is 3.